The number of hydrogen-bond donors (Lipinski definition) is 1. The Morgan fingerprint density at radius 2 is 1.55 bits per heavy atom. The molecule has 0 spiro atoms. The van der Waals surface area contributed by atoms with Crippen LogP contribution in [0.15, 0.2) is 59.1 Å². The maximum absolute atomic E-state index is 13.4. The van der Waals surface area contributed by atoms with E-state index in [2.05, 4.69) is 21.2 Å². The Morgan fingerprint density at radius 3 is 2.21 bits per heavy atom. The zero-order chi connectivity index (χ0) is 23.2. The molecule has 2 aliphatic heterocycles. The number of likely N-dealkylation sites (tertiary alicyclic amines) is 1. The quantitative estimate of drug-likeness (QED) is 0.666. The normalized spacial score (nSPS) is 18.0. The van der Waals surface area contributed by atoms with Crippen molar-refractivity contribution in [2.24, 2.45) is 5.92 Å². The number of halogens is 1. The molecule has 0 aliphatic carbocycles. The van der Waals surface area contributed by atoms with E-state index in [-0.39, 0.29) is 23.6 Å². The number of amides is 3. The molecular weight excluding hydrogens is 486 g/mol. The van der Waals surface area contributed by atoms with Crippen LogP contribution >= 0.6 is 15.9 Å². The Labute approximate surface area is 202 Å². The maximum Gasteiger partial charge on any atom is 0.253 e. The summed E-state index contributed by atoms with van der Waals surface area (Å²) in [5.41, 5.74) is 1.17. The first kappa shape index (κ1) is 23.4. The third-order valence-electron chi connectivity index (χ3n) is 6.28. The number of hydrogen-bond acceptors (Lipinski definition) is 4. The molecule has 4 rings (SSSR count). The molecule has 1 unspecified atom stereocenters. The minimum absolute atomic E-state index is 0.0147. The standard InChI is InChI=1S/C25H28BrN3O4/c26-21-8-4-7-20(17-21)24(31)28-11-9-18(10-12-28)22(25(32)29-13-15-33-16-14-29)27-23(30)19-5-2-1-3-6-19/h1-8,17-18,22H,9-16H2,(H,27,30). The molecule has 0 aromatic heterocycles. The van der Waals surface area contributed by atoms with Crippen molar-refractivity contribution < 1.29 is 19.1 Å². The maximum atomic E-state index is 13.4. The summed E-state index contributed by atoms with van der Waals surface area (Å²) in [7, 11) is 0. The first-order valence-corrected chi connectivity index (χ1v) is 12.1. The molecule has 7 nitrogen and oxygen atoms in total. The molecule has 2 fully saturated rings. The molecule has 2 heterocycles. The van der Waals surface area contributed by atoms with Crippen molar-refractivity contribution in [1.82, 2.24) is 15.1 Å². The number of ether oxygens (including phenoxy) is 1. The Hall–Kier alpha value is -2.71. The zero-order valence-electron chi connectivity index (χ0n) is 18.4. The van der Waals surface area contributed by atoms with Gasteiger partial charge in [0.05, 0.1) is 13.2 Å². The SMILES string of the molecule is O=C(NC(C(=O)N1CCOCC1)C1CCN(C(=O)c2cccc(Br)c2)CC1)c1ccccc1. The smallest absolute Gasteiger partial charge is 0.253 e. The number of nitrogens with one attached hydrogen (secondary N) is 1. The Morgan fingerprint density at radius 1 is 0.879 bits per heavy atom. The van der Waals surface area contributed by atoms with Gasteiger partial charge in [0.1, 0.15) is 6.04 Å². The summed E-state index contributed by atoms with van der Waals surface area (Å²) in [6, 6.07) is 15.7. The summed E-state index contributed by atoms with van der Waals surface area (Å²) in [6.07, 6.45) is 1.30. The van der Waals surface area contributed by atoms with Crippen LogP contribution in [0, 0.1) is 5.92 Å². The second-order valence-electron chi connectivity index (χ2n) is 8.39. The van der Waals surface area contributed by atoms with Crippen LogP contribution in [-0.2, 0) is 9.53 Å². The highest BCUT2D eigenvalue weighted by Gasteiger charge is 2.36. The van der Waals surface area contributed by atoms with Gasteiger partial charge in [-0.1, -0.05) is 40.2 Å². The van der Waals surface area contributed by atoms with Gasteiger partial charge in [-0.05, 0) is 49.1 Å². The van der Waals surface area contributed by atoms with E-state index in [1.54, 1.807) is 29.2 Å². The lowest BCUT2D eigenvalue weighted by Crippen LogP contribution is -2.56. The molecular formula is C25H28BrN3O4. The molecule has 2 aromatic carbocycles. The topological polar surface area (TPSA) is 79.0 Å². The van der Waals surface area contributed by atoms with Gasteiger partial charge in [-0.25, -0.2) is 0 Å². The van der Waals surface area contributed by atoms with E-state index in [9.17, 15) is 14.4 Å². The van der Waals surface area contributed by atoms with Crippen molar-refractivity contribution in [2.45, 2.75) is 18.9 Å². The summed E-state index contributed by atoms with van der Waals surface area (Å²) in [4.78, 5) is 42.8. The number of morpholine rings is 1. The van der Waals surface area contributed by atoms with Crippen molar-refractivity contribution in [3.63, 3.8) is 0 Å². The van der Waals surface area contributed by atoms with Gasteiger partial charge in [0, 0.05) is 41.8 Å². The van der Waals surface area contributed by atoms with Crippen LogP contribution in [0.5, 0.6) is 0 Å². The van der Waals surface area contributed by atoms with Crippen molar-refractivity contribution in [1.29, 1.82) is 0 Å². The molecule has 2 saturated heterocycles. The highest BCUT2D eigenvalue weighted by Crippen LogP contribution is 2.25. The second-order valence-corrected chi connectivity index (χ2v) is 9.31. The monoisotopic (exact) mass is 513 g/mol. The molecule has 0 bridgehead atoms. The van der Waals surface area contributed by atoms with Crippen molar-refractivity contribution in [2.75, 3.05) is 39.4 Å². The Bertz CT molecular complexity index is 986. The second kappa shape index (κ2) is 10.9. The lowest BCUT2D eigenvalue weighted by atomic mass is 9.87. The lowest BCUT2D eigenvalue weighted by molar-refractivity contribution is -0.139. The fourth-order valence-corrected chi connectivity index (χ4v) is 4.81. The van der Waals surface area contributed by atoms with Crippen LogP contribution in [0.3, 0.4) is 0 Å². The van der Waals surface area contributed by atoms with Crippen molar-refractivity contribution >= 4 is 33.7 Å². The number of benzene rings is 2. The summed E-state index contributed by atoms with van der Waals surface area (Å²) >= 11 is 3.42. The third kappa shape index (κ3) is 5.81. The minimum Gasteiger partial charge on any atom is -0.378 e. The highest BCUT2D eigenvalue weighted by molar-refractivity contribution is 9.10. The zero-order valence-corrected chi connectivity index (χ0v) is 20.0. The number of piperidine rings is 1. The van der Waals surface area contributed by atoms with E-state index in [0.717, 1.165) is 4.47 Å². The van der Waals surface area contributed by atoms with E-state index in [1.165, 1.54) is 0 Å². The minimum atomic E-state index is -0.626. The molecule has 2 aromatic rings. The van der Waals surface area contributed by atoms with Gasteiger partial charge in [0.15, 0.2) is 0 Å². The van der Waals surface area contributed by atoms with E-state index in [1.807, 2.05) is 35.2 Å². The van der Waals surface area contributed by atoms with Gasteiger partial charge in [-0.3, -0.25) is 14.4 Å². The Balaban J connectivity index is 1.45. The van der Waals surface area contributed by atoms with E-state index in [4.69, 9.17) is 4.74 Å². The summed E-state index contributed by atoms with van der Waals surface area (Å²) in [5, 5.41) is 3.00. The molecule has 33 heavy (non-hydrogen) atoms. The fourth-order valence-electron chi connectivity index (χ4n) is 4.42. The van der Waals surface area contributed by atoms with Crippen LogP contribution in [0.1, 0.15) is 33.6 Å². The summed E-state index contributed by atoms with van der Waals surface area (Å²) < 4.78 is 6.25. The highest BCUT2D eigenvalue weighted by atomic mass is 79.9. The first-order valence-electron chi connectivity index (χ1n) is 11.3. The van der Waals surface area contributed by atoms with Gasteiger partial charge in [-0.2, -0.15) is 0 Å². The first-order chi connectivity index (χ1) is 16.0. The van der Waals surface area contributed by atoms with E-state index in [0.29, 0.717) is 63.4 Å². The van der Waals surface area contributed by atoms with Gasteiger partial charge < -0.3 is 19.9 Å². The Kier molecular flexibility index (Phi) is 7.77. The number of carbonyl (C=O) groups is 3. The van der Waals surface area contributed by atoms with Crippen molar-refractivity contribution in [3.05, 3.63) is 70.2 Å². The average Bonchev–Trinajstić information content (AvgIpc) is 2.87. The van der Waals surface area contributed by atoms with Gasteiger partial charge in [0.25, 0.3) is 11.8 Å². The van der Waals surface area contributed by atoms with Gasteiger partial charge >= 0.3 is 0 Å². The fraction of sp³-hybridized carbons (Fsp3) is 0.400. The molecule has 3 amide bonds. The van der Waals surface area contributed by atoms with E-state index < -0.39 is 6.04 Å². The van der Waals surface area contributed by atoms with Gasteiger partial charge in [-0.15, -0.1) is 0 Å². The largest absolute Gasteiger partial charge is 0.378 e. The molecule has 1 N–H and O–H groups in total. The van der Waals surface area contributed by atoms with Crippen LogP contribution in [0.2, 0.25) is 0 Å². The third-order valence-corrected chi connectivity index (χ3v) is 6.77. The molecule has 8 heteroatoms. The van der Waals surface area contributed by atoms with Crippen LogP contribution < -0.4 is 5.32 Å². The van der Waals surface area contributed by atoms with Crippen LogP contribution in [0.4, 0.5) is 0 Å². The summed E-state index contributed by atoms with van der Waals surface area (Å²) in [6.45, 7) is 3.15. The molecule has 174 valence electrons. The number of rotatable bonds is 5. The predicted octanol–water partition coefficient (Wildman–Crippen LogP) is 2.96. The van der Waals surface area contributed by atoms with Crippen LogP contribution in [0.25, 0.3) is 0 Å². The molecule has 0 saturated carbocycles. The number of carbonyl (C=O) groups excluding carboxylic acids is 3. The average molecular weight is 514 g/mol. The number of nitrogens with zero attached hydrogens (tertiary/aromatic N) is 2. The molecule has 1 atom stereocenters. The van der Waals surface area contributed by atoms with Gasteiger partial charge in [0.2, 0.25) is 5.91 Å². The predicted molar refractivity (Wildman–Crippen MR) is 128 cm³/mol. The molecule has 2 aliphatic rings. The molecule has 0 radical (unpaired) electrons. The van der Waals surface area contributed by atoms with Crippen molar-refractivity contribution in [3.8, 4) is 0 Å². The lowest BCUT2D eigenvalue weighted by Gasteiger charge is -2.38. The van der Waals surface area contributed by atoms with Crippen LogP contribution in [-0.4, -0.2) is 73.0 Å². The van der Waals surface area contributed by atoms with E-state index >= 15 is 0 Å². The summed E-state index contributed by atoms with van der Waals surface area (Å²) in [5.74, 6) is -0.382.